The van der Waals surface area contributed by atoms with E-state index in [9.17, 15) is 9.59 Å². The third-order valence-electron chi connectivity index (χ3n) is 5.68. The number of anilines is 1. The number of pyridine rings is 1. The summed E-state index contributed by atoms with van der Waals surface area (Å²) in [7, 11) is 0. The number of benzene rings is 2. The fourth-order valence-electron chi connectivity index (χ4n) is 3.68. The van der Waals surface area contributed by atoms with Crippen molar-refractivity contribution in [3.05, 3.63) is 100 Å². The number of hydrogen-bond acceptors (Lipinski definition) is 4. The maximum atomic E-state index is 13.5. The van der Waals surface area contributed by atoms with Crippen LogP contribution in [0.15, 0.2) is 66.6 Å². The number of imide groups is 1. The Morgan fingerprint density at radius 2 is 1.65 bits per heavy atom. The lowest BCUT2D eigenvalue weighted by Crippen LogP contribution is -2.32. The highest BCUT2D eigenvalue weighted by Crippen LogP contribution is 2.33. The normalized spacial score (nSPS) is 13.9. The van der Waals surface area contributed by atoms with Gasteiger partial charge in [-0.15, -0.1) is 0 Å². The van der Waals surface area contributed by atoms with Gasteiger partial charge in [0.15, 0.2) is 0 Å². The summed E-state index contributed by atoms with van der Waals surface area (Å²) in [5, 5.41) is 3.28. The van der Waals surface area contributed by atoms with Crippen molar-refractivity contribution >= 4 is 23.1 Å². The van der Waals surface area contributed by atoms with E-state index in [0.29, 0.717) is 11.3 Å². The van der Waals surface area contributed by atoms with Crippen LogP contribution in [0.1, 0.15) is 33.4 Å². The molecule has 0 bridgehead atoms. The molecule has 4 rings (SSSR count). The smallest absolute Gasteiger partial charge is 0.278 e. The second-order valence-electron chi connectivity index (χ2n) is 8.05. The van der Waals surface area contributed by atoms with Gasteiger partial charge < -0.3 is 5.32 Å². The molecule has 0 aliphatic carbocycles. The molecule has 2 amide bonds. The Kier molecular flexibility index (Phi) is 5.42. The van der Waals surface area contributed by atoms with Crippen molar-refractivity contribution in [3.63, 3.8) is 0 Å². The van der Waals surface area contributed by atoms with Gasteiger partial charge >= 0.3 is 0 Å². The summed E-state index contributed by atoms with van der Waals surface area (Å²) >= 11 is 0. The zero-order valence-electron chi connectivity index (χ0n) is 18.2. The second kappa shape index (κ2) is 8.19. The molecular weight excluding hydrogens is 386 g/mol. The van der Waals surface area contributed by atoms with Gasteiger partial charge in [-0.3, -0.25) is 19.5 Å². The summed E-state index contributed by atoms with van der Waals surface area (Å²) in [5.74, 6) is -0.632. The highest BCUT2D eigenvalue weighted by Gasteiger charge is 2.39. The van der Waals surface area contributed by atoms with Crippen LogP contribution in [-0.4, -0.2) is 21.7 Å². The summed E-state index contributed by atoms with van der Waals surface area (Å²) in [5.41, 5.74) is 7.36. The van der Waals surface area contributed by atoms with E-state index in [0.717, 1.165) is 39.1 Å². The molecule has 156 valence electrons. The molecule has 3 aromatic rings. The van der Waals surface area contributed by atoms with Crippen LogP contribution >= 0.6 is 0 Å². The van der Waals surface area contributed by atoms with Crippen LogP contribution < -0.4 is 5.32 Å². The van der Waals surface area contributed by atoms with E-state index in [1.807, 2.05) is 70.2 Å². The van der Waals surface area contributed by atoms with Crippen molar-refractivity contribution < 1.29 is 9.59 Å². The minimum atomic E-state index is -0.331. The van der Waals surface area contributed by atoms with Crippen LogP contribution in [0.25, 0.3) is 5.57 Å². The van der Waals surface area contributed by atoms with E-state index >= 15 is 0 Å². The Hall–Kier alpha value is -3.73. The van der Waals surface area contributed by atoms with Gasteiger partial charge in [0, 0.05) is 18.1 Å². The molecule has 0 atom stereocenters. The Bertz CT molecular complexity index is 1210. The number of amides is 2. The van der Waals surface area contributed by atoms with E-state index in [-0.39, 0.29) is 18.4 Å². The number of nitrogens with zero attached hydrogens (tertiary/aromatic N) is 2. The van der Waals surface area contributed by atoms with Gasteiger partial charge in [-0.2, -0.15) is 0 Å². The molecule has 0 spiro atoms. The molecule has 0 radical (unpaired) electrons. The first-order valence-electron chi connectivity index (χ1n) is 10.3. The third kappa shape index (κ3) is 3.99. The van der Waals surface area contributed by atoms with Crippen molar-refractivity contribution in [3.8, 4) is 0 Å². The Morgan fingerprint density at radius 1 is 0.871 bits per heavy atom. The number of rotatable bonds is 5. The molecule has 1 aliphatic rings. The lowest BCUT2D eigenvalue weighted by molar-refractivity contribution is -0.137. The zero-order chi connectivity index (χ0) is 22.1. The first-order chi connectivity index (χ1) is 14.8. The van der Waals surface area contributed by atoms with Gasteiger partial charge in [-0.25, -0.2) is 0 Å². The summed E-state index contributed by atoms with van der Waals surface area (Å²) in [6.45, 7) is 8.19. The lowest BCUT2D eigenvalue weighted by Gasteiger charge is -2.15. The molecule has 31 heavy (non-hydrogen) atoms. The van der Waals surface area contributed by atoms with E-state index in [1.54, 1.807) is 18.5 Å². The molecule has 0 saturated carbocycles. The van der Waals surface area contributed by atoms with Gasteiger partial charge in [-0.1, -0.05) is 36.4 Å². The van der Waals surface area contributed by atoms with E-state index in [1.165, 1.54) is 4.90 Å². The van der Waals surface area contributed by atoms with Crippen LogP contribution in [0.3, 0.4) is 0 Å². The van der Waals surface area contributed by atoms with Crippen molar-refractivity contribution in [2.45, 2.75) is 34.2 Å². The Labute approximate surface area is 182 Å². The predicted molar refractivity (Wildman–Crippen MR) is 122 cm³/mol. The van der Waals surface area contributed by atoms with Crippen molar-refractivity contribution in [2.24, 2.45) is 0 Å². The number of hydrogen-bond donors (Lipinski definition) is 1. The molecule has 5 nitrogen and oxygen atoms in total. The van der Waals surface area contributed by atoms with Crippen LogP contribution in [0.2, 0.25) is 0 Å². The highest BCUT2D eigenvalue weighted by atomic mass is 16.2. The summed E-state index contributed by atoms with van der Waals surface area (Å²) in [6, 6.07) is 15.5. The summed E-state index contributed by atoms with van der Waals surface area (Å²) < 4.78 is 0. The highest BCUT2D eigenvalue weighted by molar-refractivity contribution is 6.36. The summed E-state index contributed by atoms with van der Waals surface area (Å²) in [6.07, 6.45) is 3.34. The standard InChI is InChI=1S/C26H25N3O2/c1-16-7-8-18(3)22(12-16)28-24-23(21-10-9-17(2)19(4)13-21)25(30)29(26(24)31)15-20-6-5-11-27-14-20/h5-14,28H,15H2,1-4H3. The molecule has 1 aromatic heterocycles. The van der Waals surface area contributed by atoms with Crippen LogP contribution in [0.4, 0.5) is 5.69 Å². The van der Waals surface area contributed by atoms with Gasteiger partial charge in [0.25, 0.3) is 11.8 Å². The van der Waals surface area contributed by atoms with Crippen molar-refractivity contribution in [2.75, 3.05) is 5.32 Å². The predicted octanol–water partition coefficient (Wildman–Crippen LogP) is 4.71. The summed E-state index contributed by atoms with van der Waals surface area (Å²) in [4.78, 5) is 32.3. The van der Waals surface area contributed by atoms with Gasteiger partial charge in [-0.05, 0) is 73.2 Å². The number of aryl methyl sites for hydroxylation is 4. The molecular formula is C26H25N3O2. The van der Waals surface area contributed by atoms with Crippen LogP contribution in [0.5, 0.6) is 0 Å². The minimum Gasteiger partial charge on any atom is -0.350 e. The maximum Gasteiger partial charge on any atom is 0.278 e. The minimum absolute atomic E-state index is 0.178. The molecule has 0 saturated heterocycles. The number of carbonyl (C=O) groups excluding carboxylic acids is 2. The van der Waals surface area contributed by atoms with Crippen LogP contribution in [0, 0.1) is 27.7 Å². The Morgan fingerprint density at radius 3 is 2.35 bits per heavy atom. The molecule has 2 aromatic carbocycles. The van der Waals surface area contributed by atoms with E-state index in [2.05, 4.69) is 10.3 Å². The second-order valence-corrected chi connectivity index (χ2v) is 8.05. The maximum absolute atomic E-state index is 13.5. The quantitative estimate of drug-likeness (QED) is 0.618. The van der Waals surface area contributed by atoms with Gasteiger partial charge in [0.05, 0.1) is 12.1 Å². The number of aromatic nitrogens is 1. The fraction of sp³-hybridized carbons (Fsp3) is 0.192. The van der Waals surface area contributed by atoms with Gasteiger partial charge in [0.1, 0.15) is 5.70 Å². The zero-order valence-corrected chi connectivity index (χ0v) is 18.2. The monoisotopic (exact) mass is 411 g/mol. The molecule has 1 N–H and O–H groups in total. The molecule has 0 fully saturated rings. The van der Waals surface area contributed by atoms with E-state index < -0.39 is 0 Å². The van der Waals surface area contributed by atoms with Crippen LogP contribution in [-0.2, 0) is 16.1 Å². The third-order valence-corrected chi connectivity index (χ3v) is 5.68. The SMILES string of the molecule is Cc1ccc(C)c(NC2=C(c3ccc(C)c(C)c3)C(=O)N(Cc3cccnc3)C2=O)c1. The average Bonchev–Trinajstić information content (AvgIpc) is 2.98. The molecule has 0 unspecified atom stereocenters. The first-order valence-corrected chi connectivity index (χ1v) is 10.3. The van der Waals surface area contributed by atoms with Crippen molar-refractivity contribution in [1.82, 2.24) is 9.88 Å². The topological polar surface area (TPSA) is 62.3 Å². The number of nitrogens with one attached hydrogen (secondary N) is 1. The number of carbonyl (C=O) groups is 2. The average molecular weight is 412 g/mol. The Balaban J connectivity index is 1.80. The van der Waals surface area contributed by atoms with Gasteiger partial charge in [0.2, 0.25) is 0 Å². The molecule has 1 aliphatic heterocycles. The molecule has 2 heterocycles. The lowest BCUT2D eigenvalue weighted by atomic mass is 9.99. The first kappa shape index (κ1) is 20.5. The van der Waals surface area contributed by atoms with Crippen molar-refractivity contribution in [1.29, 1.82) is 0 Å². The van der Waals surface area contributed by atoms with E-state index in [4.69, 9.17) is 0 Å². The fourth-order valence-corrected chi connectivity index (χ4v) is 3.68. The largest absolute Gasteiger partial charge is 0.350 e. The molecule has 5 heteroatoms.